The molecule has 0 unspecified atom stereocenters. The Morgan fingerprint density at radius 1 is 1.33 bits per heavy atom. The normalized spacial score (nSPS) is 12.9. The van der Waals surface area contributed by atoms with Crippen LogP contribution in [-0.2, 0) is 0 Å². The Balaban J connectivity index is 2.96. The molecule has 1 rings (SSSR count). The first kappa shape index (κ1) is 9.62. The third-order valence-electron chi connectivity index (χ3n) is 2.04. The average Bonchev–Trinajstić information content (AvgIpc) is 2.16. The van der Waals surface area contributed by atoms with Crippen LogP contribution >= 0.6 is 11.8 Å². The Labute approximate surface area is 78.6 Å². The van der Waals surface area contributed by atoms with Crippen molar-refractivity contribution in [3.8, 4) is 0 Å². The predicted octanol–water partition coefficient (Wildman–Crippen LogP) is 2.69. The zero-order valence-corrected chi connectivity index (χ0v) is 8.61. The van der Waals surface area contributed by atoms with Crippen LogP contribution in [0.25, 0.3) is 0 Å². The van der Waals surface area contributed by atoms with Crippen LogP contribution < -0.4 is 5.32 Å². The highest BCUT2D eigenvalue weighted by atomic mass is 32.2. The second kappa shape index (κ2) is 4.53. The second-order valence-corrected chi connectivity index (χ2v) is 3.60. The molecule has 1 aromatic rings. The molecule has 0 radical (unpaired) electrons. The fraction of sp³-hybridized carbons (Fsp3) is 0.400. The lowest BCUT2D eigenvalue weighted by atomic mass is 10.1. The van der Waals surface area contributed by atoms with Gasteiger partial charge in [-0.3, -0.25) is 0 Å². The van der Waals surface area contributed by atoms with E-state index in [1.807, 2.05) is 7.05 Å². The van der Waals surface area contributed by atoms with Crippen LogP contribution in [0.4, 0.5) is 0 Å². The SMILES string of the molecule is CN[C@@H](C)c1ccccc1SC. The summed E-state index contributed by atoms with van der Waals surface area (Å²) in [6.45, 7) is 2.18. The molecule has 2 heteroatoms. The van der Waals surface area contributed by atoms with E-state index in [0.717, 1.165) is 0 Å². The van der Waals surface area contributed by atoms with Gasteiger partial charge >= 0.3 is 0 Å². The van der Waals surface area contributed by atoms with Crippen molar-refractivity contribution in [2.24, 2.45) is 0 Å². The molecule has 66 valence electrons. The van der Waals surface area contributed by atoms with Gasteiger partial charge in [-0.2, -0.15) is 0 Å². The van der Waals surface area contributed by atoms with Gasteiger partial charge in [0.2, 0.25) is 0 Å². The Kier molecular flexibility index (Phi) is 3.63. The van der Waals surface area contributed by atoms with Crippen LogP contribution in [-0.4, -0.2) is 13.3 Å². The van der Waals surface area contributed by atoms with E-state index in [1.165, 1.54) is 10.5 Å². The molecule has 1 atom stereocenters. The maximum absolute atomic E-state index is 3.24. The van der Waals surface area contributed by atoms with Crippen LogP contribution in [0.3, 0.4) is 0 Å². The summed E-state index contributed by atoms with van der Waals surface area (Å²) in [5, 5.41) is 3.24. The van der Waals surface area contributed by atoms with Gasteiger partial charge in [-0.05, 0) is 31.9 Å². The number of rotatable bonds is 3. The average molecular weight is 181 g/mol. The highest BCUT2D eigenvalue weighted by Gasteiger charge is 2.05. The quantitative estimate of drug-likeness (QED) is 0.720. The molecule has 0 bridgehead atoms. The van der Waals surface area contributed by atoms with Gasteiger partial charge in [0.15, 0.2) is 0 Å². The number of hydrogen-bond donors (Lipinski definition) is 1. The molecule has 1 N–H and O–H groups in total. The number of nitrogens with one attached hydrogen (secondary N) is 1. The molecule has 0 aliphatic rings. The van der Waals surface area contributed by atoms with Gasteiger partial charge in [0, 0.05) is 10.9 Å². The monoisotopic (exact) mass is 181 g/mol. The summed E-state index contributed by atoms with van der Waals surface area (Å²) in [4.78, 5) is 1.36. The van der Waals surface area contributed by atoms with Gasteiger partial charge in [0.25, 0.3) is 0 Å². The minimum absolute atomic E-state index is 0.439. The molecule has 1 aromatic carbocycles. The third kappa shape index (κ3) is 2.02. The molecule has 0 saturated heterocycles. The van der Waals surface area contributed by atoms with E-state index >= 15 is 0 Å². The van der Waals surface area contributed by atoms with Crippen LogP contribution in [0.2, 0.25) is 0 Å². The molecule has 1 nitrogen and oxygen atoms in total. The minimum Gasteiger partial charge on any atom is -0.313 e. The van der Waals surface area contributed by atoms with Crippen molar-refractivity contribution in [2.45, 2.75) is 17.9 Å². The van der Waals surface area contributed by atoms with Gasteiger partial charge < -0.3 is 5.32 Å². The van der Waals surface area contributed by atoms with Crippen molar-refractivity contribution in [1.82, 2.24) is 5.32 Å². The lowest BCUT2D eigenvalue weighted by molar-refractivity contribution is 0.641. The van der Waals surface area contributed by atoms with Crippen LogP contribution in [0.15, 0.2) is 29.2 Å². The summed E-state index contributed by atoms with van der Waals surface area (Å²) in [5.74, 6) is 0. The Bertz CT molecular complexity index is 247. The number of hydrogen-bond acceptors (Lipinski definition) is 2. The molecule has 12 heavy (non-hydrogen) atoms. The van der Waals surface area contributed by atoms with Crippen molar-refractivity contribution >= 4 is 11.8 Å². The molecule has 0 amide bonds. The molecular weight excluding hydrogens is 166 g/mol. The summed E-state index contributed by atoms with van der Waals surface area (Å²) in [5.41, 5.74) is 1.38. The van der Waals surface area contributed by atoms with Crippen molar-refractivity contribution < 1.29 is 0 Å². The fourth-order valence-electron chi connectivity index (χ4n) is 1.18. The van der Waals surface area contributed by atoms with Crippen LogP contribution in [0, 0.1) is 0 Å². The fourth-order valence-corrected chi connectivity index (χ4v) is 1.87. The zero-order valence-electron chi connectivity index (χ0n) is 7.79. The molecule has 0 aliphatic carbocycles. The smallest absolute Gasteiger partial charge is 0.0300 e. The summed E-state index contributed by atoms with van der Waals surface area (Å²) in [6.07, 6.45) is 2.11. The zero-order chi connectivity index (χ0) is 8.97. The van der Waals surface area contributed by atoms with Gasteiger partial charge in [-0.15, -0.1) is 11.8 Å². The molecule has 0 spiro atoms. The lowest BCUT2D eigenvalue weighted by Crippen LogP contribution is -2.12. The van der Waals surface area contributed by atoms with Crippen molar-refractivity contribution in [1.29, 1.82) is 0 Å². The molecule has 0 aromatic heterocycles. The summed E-state index contributed by atoms with van der Waals surface area (Å²) < 4.78 is 0. The van der Waals surface area contributed by atoms with Crippen LogP contribution in [0.5, 0.6) is 0 Å². The highest BCUT2D eigenvalue weighted by molar-refractivity contribution is 7.98. The standard InChI is InChI=1S/C10H15NS/c1-8(11-2)9-6-4-5-7-10(9)12-3/h4-8,11H,1-3H3/t8-/m0/s1. The van der Waals surface area contributed by atoms with Gasteiger partial charge in [-0.1, -0.05) is 18.2 Å². The number of benzene rings is 1. The molecule has 0 fully saturated rings. The van der Waals surface area contributed by atoms with Crippen molar-refractivity contribution in [3.05, 3.63) is 29.8 Å². The third-order valence-corrected chi connectivity index (χ3v) is 2.85. The summed E-state index contributed by atoms with van der Waals surface area (Å²) in [6, 6.07) is 8.94. The van der Waals surface area contributed by atoms with E-state index in [9.17, 15) is 0 Å². The van der Waals surface area contributed by atoms with Gasteiger partial charge in [0.05, 0.1) is 0 Å². The molecular formula is C10H15NS. The topological polar surface area (TPSA) is 12.0 Å². The van der Waals surface area contributed by atoms with E-state index in [4.69, 9.17) is 0 Å². The van der Waals surface area contributed by atoms with E-state index in [1.54, 1.807) is 11.8 Å². The Morgan fingerprint density at radius 3 is 2.58 bits per heavy atom. The maximum atomic E-state index is 3.24. The van der Waals surface area contributed by atoms with E-state index in [0.29, 0.717) is 6.04 Å². The Morgan fingerprint density at radius 2 is 2.00 bits per heavy atom. The molecule has 0 saturated carbocycles. The minimum atomic E-state index is 0.439. The maximum Gasteiger partial charge on any atom is 0.0300 e. The molecule has 0 heterocycles. The molecule has 0 aliphatic heterocycles. The first-order chi connectivity index (χ1) is 5.79. The van der Waals surface area contributed by atoms with Crippen molar-refractivity contribution in [3.63, 3.8) is 0 Å². The number of thioether (sulfide) groups is 1. The predicted molar refractivity (Wildman–Crippen MR) is 55.7 cm³/mol. The van der Waals surface area contributed by atoms with Crippen LogP contribution in [0.1, 0.15) is 18.5 Å². The van der Waals surface area contributed by atoms with E-state index < -0.39 is 0 Å². The summed E-state index contributed by atoms with van der Waals surface area (Å²) in [7, 11) is 1.99. The van der Waals surface area contributed by atoms with Gasteiger partial charge in [-0.25, -0.2) is 0 Å². The van der Waals surface area contributed by atoms with Gasteiger partial charge in [0.1, 0.15) is 0 Å². The second-order valence-electron chi connectivity index (χ2n) is 2.75. The van der Waals surface area contributed by atoms with E-state index in [2.05, 4.69) is 42.8 Å². The lowest BCUT2D eigenvalue weighted by Gasteiger charge is -2.13. The Hall–Kier alpha value is -0.470. The first-order valence-electron chi connectivity index (χ1n) is 4.09. The largest absolute Gasteiger partial charge is 0.313 e. The first-order valence-corrected chi connectivity index (χ1v) is 5.32. The van der Waals surface area contributed by atoms with E-state index in [-0.39, 0.29) is 0 Å². The highest BCUT2D eigenvalue weighted by Crippen LogP contribution is 2.24. The summed E-state index contributed by atoms with van der Waals surface area (Å²) >= 11 is 1.80. The van der Waals surface area contributed by atoms with Crippen molar-refractivity contribution in [2.75, 3.05) is 13.3 Å².